The van der Waals surface area contributed by atoms with Crippen molar-refractivity contribution in [3.8, 4) is 0 Å². The molecule has 0 aromatic carbocycles. The van der Waals surface area contributed by atoms with Crippen molar-refractivity contribution >= 4 is 17.5 Å². The Morgan fingerprint density at radius 3 is 2.24 bits per heavy atom. The molecule has 0 saturated heterocycles. The van der Waals surface area contributed by atoms with E-state index in [4.69, 9.17) is 4.74 Å². The molecule has 0 aromatic rings. The van der Waals surface area contributed by atoms with E-state index in [1.54, 1.807) is 13.0 Å². The zero-order chi connectivity index (χ0) is 25.9. The largest absolute Gasteiger partial charge is 0.387 e. The molecule has 1 aliphatic carbocycles. The van der Waals surface area contributed by atoms with Crippen LogP contribution in [0.3, 0.4) is 0 Å². The van der Waals surface area contributed by atoms with Crippen molar-refractivity contribution in [2.24, 2.45) is 17.3 Å². The van der Waals surface area contributed by atoms with Gasteiger partial charge in [0, 0.05) is 38.3 Å². The molecular formula is C26H45NO7. The highest BCUT2D eigenvalue weighted by Gasteiger charge is 2.36. The third-order valence-electron chi connectivity index (χ3n) is 6.29. The monoisotopic (exact) mass is 483 g/mol. The molecule has 34 heavy (non-hydrogen) atoms. The molecule has 1 saturated carbocycles. The number of carbonyl (C=O) groups is 3. The van der Waals surface area contributed by atoms with E-state index in [0.29, 0.717) is 19.4 Å². The van der Waals surface area contributed by atoms with Gasteiger partial charge in [0.1, 0.15) is 30.2 Å². The zero-order valence-electron chi connectivity index (χ0n) is 21.5. The van der Waals surface area contributed by atoms with E-state index in [1.165, 1.54) is 19.6 Å². The Morgan fingerprint density at radius 1 is 1.06 bits per heavy atom. The lowest BCUT2D eigenvalue weighted by Crippen LogP contribution is -2.48. The number of aliphatic hydroxyl groups excluding tert-OH is 3. The first kappa shape index (κ1) is 30.4. The van der Waals surface area contributed by atoms with Gasteiger partial charge in [-0.2, -0.15) is 0 Å². The molecule has 8 nitrogen and oxygen atoms in total. The number of allylic oxidation sites excluding steroid dienone is 1. The van der Waals surface area contributed by atoms with Gasteiger partial charge in [0.05, 0.1) is 0 Å². The third kappa shape index (κ3) is 10.8. The normalized spacial score (nSPS) is 19.9. The van der Waals surface area contributed by atoms with Crippen molar-refractivity contribution in [3.63, 3.8) is 0 Å². The van der Waals surface area contributed by atoms with Crippen LogP contribution in [-0.4, -0.2) is 70.9 Å². The molecule has 0 bridgehead atoms. The molecular weight excluding hydrogens is 438 g/mol. The molecule has 1 rings (SSSR count). The van der Waals surface area contributed by atoms with E-state index in [9.17, 15) is 29.7 Å². The summed E-state index contributed by atoms with van der Waals surface area (Å²) in [6, 6.07) is 0. The summed E-state index contributed by atoms with van der Waals surface area (Å²) in [4.78, 5) is 37.3. The van der Waals surface area contributed by atoms with E-state index in [1.807, 2.05) is 20.8 Å². The fourth-order valence-corrected chi connectivity index (χ4v) is 4.13. The average molecular weight is 484 g/mol. The predicted molar refractivity (Wildman–Crippen MR) is 130 cm³/mol. The second-order valence-corrected chi connectivity index (χ2v) is 10.6. The van der Waals surface area contributed by atoms with Crippen LogP contribution in [-0.2, 0) is 19.1 Å². The van der Waals surface area contributed by atoms with Crippen molar-refractivity contribution < 1.29 is 34.4 Å². The molecule has 1 fully saturated rings. The summed E-state index contributed by atoms with van der Waals surface area (Å²) >= 11 is 0. The minimum absolute atomic E-state index is 0.163. The maximum absolute atomic E-state index is 12.6. The SMILES string of the molecule is CO[C@@H](C(=O)C[C@@H](C)C(=O)NCCCC(=O)C1CCCCC1)[C@H](O)[C@@H](O)[C@H](O)/C=C/C(C)(C)C. The van der Waals surface area contributed by atoms with Crippen LogP contribution >= 0.6 is 0 Å². The van der Waals surface area contributed by atoms with Gasteiger partial charge in [-0.3, -0.25) is 14.4 Å². The summed E-state index contributed by atoms with van der Waals surface area (Å²) in [7, 11) is 1.23. The van der Waals surface area contributed by atoms with Gasteiger partial charge in [-0.25, -0.2) is 0 Å². The quantitative estimate of drug-likeness (QED) is 0.220. The van der Waals surface area contributed by atoms with E-state index in [-0.39, 0.29) is 29.4 Å². The Bertz CT molecular complexity index is 679. The Morgan fingerprint density at radius 2 is 1.68 bits per heavy atom. The highest BCUT2D eigenvalue weighted by atomic mass is 16.5. The van der Waals surface area contributed by atoms with Gasteiger partial charge in [0.25, 0.3) is 0 Å². The van der Waals surface area contributed by atoms with Crippen LogP contribution in [0, 0.1) is 17.3 Å². The summed E-state index contributed by atoms with van der Waals surface area (Å²) in [6.07, 6.45) is 3.21. The van der Waals surface area contributed by atoms with Crippen molar-refractivity contribution in [3.05, 3.63) is 12.2 Å². The van der Waals surface area contributed by atoms with Crippen molar-refractivity contribution in [1.29, 1.82) is 0 Å². The van der Waals surface area contributed by atoms with Crippen molar-refractivity contribution in [2.75, 3.05) is 13.7 Å². The summed E-state index contributed by atoms with van der Waals surface area (Å²) < 4.78 is 5.09. The number of carbonyl (C=O) groups excluding carboxylic acids is 3. The van der Waals surface area contributed by atoms with Crippen LogP contribution in [0.25, 0.3) is 0 Å². The van der Waals surface area contributed by atoms with Crippen LogP contribution in [0.15, 0.2) is 12.2 Å². The van der Waals surface area contributed by atoms with Crippen LogP contribution in [0.2, 0.25) is 0 Å². The number of amides is 1. The molecule has 0 unspecified atom stereocenters. The lowest BCUT2D eigenvalue weighted by molar-refractivity contribution is -0.149. The van der Waals surface area contributed by atoms with Crippen LogP contribution in [0.1, 0.15) is 79.1 Å². The van der Waals surface area contributed by atoms with E-state index >= 15 is 0 Å². The average Bonchev–Trinajstić information content (AvgIpc) is 2.79. The van der Waals surface area contributed by atoms with Crippen LogP contribution < -0.4 is 5.32 Å². The Balaban J connectivity index is 2.47. The van der Waals surface area contributed by atoms with Gasteiger partial charge in [0.2, 0.25) is 5.91 Å². The van der Waals surface area contributed by atoms with Crippen molar-refractivity contribution in [2.45, 2.75) is 103 Å². The summed E-state index contributed by atoms with van der Waals surface area (Å²) in [5.41, 5.74) is -0.228. The van der Waals surface area contributed by atoms with Gasteiger partial charge in [0.15, 0.2) is 5.78 Å². The first-order chi connectivity index (χ1) is 15.9. The minimum Gasteiger partial charge on any atom is -0.387 e. The lowest BCUT2D eigenvalue weighted by Gasteiger charge is -2.27. The number of aliphatic hydroxyl groups is 3. The van der Waals surface area contributed by atoms with Gasteiger partial charge in [-0.15, -0.1) is 0 Å². The summed E-state index contributed by atoms with van der Waals surface area (Å²) in [5.74, 6) is -1.11. The van der Waals surface area contributed by atoms with Crippen LogP contribution in [0.5, 0.6) is 0 Å². The Hall–Kier alpha value is -1.61. The first-order valence-corrected chi connectivity index (χ1v) is 12.5. The Kier molecular flexibility index (Phi) is 13.2. The number of hydrogen-bond donors (Lipinski definition) is 4. The lowest BCUT2D eigenvalue weighted by atomic mass is 9.85. The fourth-order valence-electron chi connectivity index (χ4n) is 4.13. The molecule has 1 aliphatic rings. The highest BCUT2D eigenvalue weighted by molar-refractivity contribution is 5.89. The fraction of sp³-hybridized carbons (Fsp3) is 0.808. The smallest absolute Gasteiger partial charge is 0.223 e. The topological polar surface area (TPSA) is 133 Å². The zero-order valence-corrected chi connectivity index (χ0v) is 21.5. The predicted octanol–water partition coefficient (Wildman–Crippen LogP) is 2.33. The second-order valence-electron chi connectivity index (χ2n) is 10.6. The van der Waals surface area contributed by atoms with E-state index < -0.39 is 36.1 Å². The van der Waals surface area contributed by atoms with E-state index in [0.717, 1.165) is 25.7 Å². The molecule has 0 aliphatic heterocycles. The van der Waals surface area contributed by atoms with Crippen LogP contribution in [0.4, 0.5) is 0 Å². The number of ether oxygens (including phenoxy) is 1. The third-order valence-corrected chi connectivity index (χ3v) is 6.29. The summed E-state index contributed by atoms with van der Waals surface area (Å²) in [5, 5.41) is 33.6. The number of methoxy groups -OCH3 is 1. The Labute approximate surface area is 204 Å². The summed E-state index contributed by atoms with van der Waals surface area (Å²) in [6.45, 7) is 7.71. The molecule has 8 heteroatoms. The maximum atomic E-state index is 12.6. The van der Waals surface area contributed by atoms with Gasteiger partial charge in [-0.1, -0.05) is 59.1 Å². The molecule has 196 valence electrons. The molecule has 0 heterocycles. The number of rotatable bonds is 14. The van der Waals surface area contributed by atoms with Gasteiger partial charge in [-0.05, 0) is 24.7 Å². The molecule has 0 radical (unpaired) electrons. The molecule has 0 spiro atoms. The molecule has 0 aromatic heterocycles. The first-order valence-electron chi connectivity index (χ1n) is 12.5. The van der Waals surface area contributed by atoms with Gasteiger partial charge >= 0.3 is 0 Å². The molecule has 4 N–H and O–H groups in total. The molecule has 5 atom stereocenters. The van der Waals surface area contributed by atoms with E-state index in [2.05, 4.69) is 5.32 Å². The molecule has 1 amide bonds. The van der Waals surface area contributed by atoms with Gasteiger partial charge < -0.3 is 25.4 Å². The standard InChI is InChI=1S/C26H45NO7/c1-17(25(33)27-15-9-12-19(28)18-10-7-6-8-11-18)16-21(30)24(34-5)23(32)22(31)20(29)13-14-26(2,3)4/h13-14,17-18,20,22-24,29,31-32H,6-12,15-16H2,1-5H3,(H,27,33)/b14-13+/t17-,20-,22+,23-,24+/m1/s1. The van der Waals surface area contributed by atoms with Crippen molar-refractivity contribution in [1.82, 2.24) is 5.32 Å². The number of nitrogens with one attached hydrogen (secondary N) is 1. The number of ketones is 2. The maximum Gasteiger partial charge on any atom is 0.223 e. The minimum atomic E-state index is -1.65. The number of hydrogen-bond acceptors (Lipinski definition) is 7. The highest BCUT2D eigenvalue weighted by Crippen LogP contribution is 2.25. The second kappa shape index (κ2) is 14.7. The number of Topliss-reactive ketones (excluding diaryl/α,β-unsaturated/α-hetero) is 2.